The van der Waals surface area contributed by atoms with Crippen molar-refractivity contribution in [1.82, 2.24) is 29.8 Å². The highest BCUT2D eigenvalue weighted by Crippen LogP contribution is 2.37. The van der Waals surface area contributed by atoms with Gasteiger partial charge in [0, 0.05) is 35.9 Å². The normalized spacial score (nSPS) is 26.1. The largest absolute Gasteiger partial charge is 0.396 e. The molecule has 140 valence electrons. The van der Waals surface area contributed by atoms with Crippen LogP contribution in [-0.2, 0) is 11.2 Å². The first-order chi connectivity index (χ1) is 12.5. The molecule has 2 fully saturated rings. The Morgan fingerprint density at radius 2 is 2.27 bits per heavy atom. The zero-order valence-corrected chi connectivity index (χ0v) is 15.4. The number of carbonyl (C=O) groups excluding carboxylic acids is 1. The quantitative estimate of drug-likeness (QED) is 0.816. The highest BCUT2D eigenvalue weighted by molar-refractivity contribution is 5.78. The fourth-order valence-corrected chi connectivity index (χ4v) is 4.43. The molecule has 0 aromatic carbocycles. The second-order valence-electron chi connectivity index (χ2n) is 7.69. The number of fused-ring (bicyclic) bond motifs is 2. The summed E-state index contributed by atoms with van der Waals surface area (Å²) in [7, 11) is 0. The molecule has 2 aromatic heterocycles. The van der Waals surface area contributed by atoms with Crippen molar-refractivity contribution in [3.8, 4) is 0 Å². The maximum Gasteiger partial charge on any atom is 0.252 e. The highest BCUT2D eigenvalue weighted by Gasteiger charge is 2.45. The first kappa shape index (κ1) is 17.4. The van der Waals surface area contributed by atoms with Gasteiger partial charge in [0.25, 0.3) is 5.78 Å². The van der Waals surface area contributed by atoms with Crippen molar-refractivity contribution in [3.05, 3.63) is 23.3 Å². The van der Waals surface area contributed by atoms with Gasteiger partial charge in [-0.25, -0.2) is 9.50 Å². The molecule has 2 N–H and O–H groups in total. The number of rotatable bonds is 3. The van der Waals surface area contributed by atoms with Crippen LogP contribution in [0.1, 0.15) is 36.5 Å². The van der Waals surface area contributed by atoms with Crippen LogP contribution < -0.4 is 5.32 Å². The van der Waals surface area contributed by atoms with E-state index < -0.39 is 0 Å². The first-order valence-corrected chi connectivity index (χ1v) is 9.33. The molecule has 26 heavy (non-hydrogen) atoms. The monoisotopic (exact) mass is 358 g/mol. The number of nitrogens with zero attached hydrogens (tertiary/aromatic N) is 5. The van der Waals surface area contributed by atoms with Crippen molar-refractivity contribution in [3.63, 3.8) is 0 Å². The van der Waals surface area contributed by atoms with Gasteiger partial charge in [-0.3, -0.25) is 4.79 Å². The van der Waals surface area contributed by atoms with E-state index in [0.717, 1.165) is 37.2 Å². The van der Waals surface area contributed by atoms with Crippen LogP contribution in [0, 0.1) is 19.3 Å². The molecule has 2 aliphatic rings. The minimum absolute atomic E-state index is 0.0205. The van der Waals surface area contributed by atoms with Gasteiger partial charge in [-0.15, -0.1) is 5.10 Å². The Morgan fingerprint density at radius 3 is 3.08 bits per heavy atom. The van der Waals surface area contributed by atoms with E-state index in [4.69, 9.17) is 0 Å². The van der Waals surface area contributed by atoms with E-state index in [2.05, 4.69) is 20.4 Å². The predicted molar refractivity (Wildman–Crippen MR) is 95.7 cm³/mol. The van der Waals surface area contributed by atoms with Crippen molar-refractivity contribution >= 4 is 11.7 Å². The van der Waals surface area contributed by atoms with E-state index in [1.54, 1.807) is 4.52 Å². The van der Waals surface area contributed by atoms with Crippen LogP contribution in [0.2, 0.25) is 0 Å². The van der Waals surface area contributed by atoms with E-state index in [9.17, 15) is 9.90 Å². The molecule has 0 unspecified atom stereocenters. The molecule has 4 heterocycles. The fraction of sp³-hybridized carbons (Fsp3) is 0.667. The van der Waals surface area contributed by atoms with E-state index in [1.807, 2.05) is 24.8 Å². The summed E-state index contributed by atoms with van der Waals surface area (Å²) < 4.78 is 1.68. The Bertz CT molecular complexity index is 834. The fourth-order valence-electron chi connectivity index (χ4n) is 4.43. The molecule has 8 nitrogen and oxygen atoms in total. The van der Waals surface area contributed by atoms with Gasteiger partial charge < -0.3 is 15.3 Å². The second kappa shape index (κ2) is 6.59. The molecule has 0 bridgehead atoms. The first-order valence-electron chi connectivity index (χ1n) is 9.33. The number of aliphatic hydroxyl groups is 1. The summed E-state index contributed by atoms with van der Waals surface area (Å²) in [4.78, 5) is 23.5. The number of likely N-dealkylation sites (tertiary alicyclic amines) is 1. The molecule has 2 aromatic rings. The molecular formula is C18H26N6O2. The van der Waals surface area contributed by atoms with Crippen molar-refractivity contribution in [1.29, 1.82) is 0 Å². The van der Waals surface area contributed by atoms with E-state index >= 15 is 0 Å². The van der Waals surface area contributed by atoms with Crippen LogP contribution >= 0.6 is 0 Å². The lowest BCUT2D eigenvalue weighted by atomic mass is 9.70. The molecule has 0 radical (unpaired) electrons. The average molecular weight is 358 g/mol. The van der Waals surface area contributed by atoms with Gasteiger partial charge >= 0.3 is 0 Å². The lowest BCUT2D eigenvalue weighted by Gasteiger charge is -2.50. The molecule has 2 saturated heterocycles. The third-order valence-electron chi connectivity index (χ3n) is 5.81. The molecule has 0 spiro atoms. The van der Waals surface area contributed by atoms with Gasteiger partial charge in [0.15, 0.2) is 5.82 Å². The number of hydrogen-bond acceptors (Lipinski definition) is 6. The van der Waals surface area contributed by atoms with Gasteiger partial charge in [0.2, 0.25) is 5.91 Å². The number of carbonyl (C=O) groups is 1. The molecule has 0 aliphatic carbocycles. The van der Waals surface area contributed by atoms with Crippen LogP contribution in [0.4, 0.5) is 0 Å². The van der Waals surface area contributed by atoms with Crippen LogP contribution in [0.5, 0.6) is 0 Å². The summed E-state index contributed by atoms with van der Waals surface area (Å²) in [5, 5.41) is 18.0. The zero-order valence-electron chi connectivity index (χ0n) is 15.4. The number of aliphatic hydroxyl groups excluding tert-OH is 1. The molecule has 4 rings (SSSR count). The molecule has 0 saturated carbocycles. The Morgan fingerprint density at radius 1 is 1.42 bits per heavy atom. The standard InChI is InChI=1S/C18H26N6O2/c1-12-8-13(2)24-17(20-12)21-15(22-24)9-16(26)23-7-4-14-18(10-23,11-25)5-3-6-19-14/h8,14,19,25H,3-7,9-11H2,1-2H3/t14-,18-/m1/s1. The lowest BCUT2D eigenvalue weighted by Crippen LogP contribution is -2.62. The van der Waals surface area contributed by atoms with Crippen molar-refractivity contribution in [2.75, 3.05) is 26.2 Å². The number of nitrogens with one attached hydrogen (secondary N) is 1. The maximum absolute atomic E-state index is 12.8. The van der Waals surface area contributed by atoms with Gasteiger partial charge in [0.1, 0.15) is 0 Å². The van der Waals surface area contributed by atoms with Crippen LogP contribution in [0.15, 0.2) is 6.07 Å². The summed E-state index contributed by atoms with van der Waals surface area (Å²) in [5.74, 6) is 1.05. The summed E-state index contributed by atoms with van der Waals surface area (Å²) in [6.07, 6.45) is 3.05. The van der Waals surface area contributed by atoms with Crippen molar-refractivity contribution in [2.45, 2.75) is 45.6 Å². The molecule has 1 amide bonds. The predicted octanol–water partition coefficient (Wildman–Crippen LogP) is 0.247. The van der Waals surface area contributed by atoms with Crippen LogP contribution in [0.3, 0.4) is 0 Å². The smallest absolute Gasteiger partial charge is 0.252 e. The number of aromatic nitrogens is 4. The highest BCUT2D eigenvalue weighted by atomic mass is 16.3. The third-order valence-corrected chi connectivity index (χ3v) is 5.81. The summed E-state index contributed by atoms with van der Waals surface area (Å²) in [6, 6.07) is 2.24. The third kappa shape index (κ3) is 2.97. The van der Waals surface area contributed by atoms with Gasteiger partial charge in [0.05, 0.1) is 13.0 Å². The molecular weight excluding hydrogens is 332 g/mol. The SMILES string of the molecule is Cc1cc(C)n2nc(CC(=O)N3CC[C@H]4NCCC[C@]4(CO)C3)nc2n1. The summed E-state index contributed by atoms with van der Waals surface area (Å²) in [5.41, 5.74) is 1.62. The van der Waals surface area contributed by atoms with Gasteiger partial charge in [-0.05, 0) is 45.7 Å². The maximum atomic E-state index is 12.8. The summed E-state index contributed by atoms with van der Waals surface area (Å²) in [6.45, 7) is 6.30. The second-order valence-corrected chi connectivity index (χ2v) is 7.69. The Labute approximate surface area is 152 Å². The molecule has 8 heteroatoms. The minimum Gasteiger partial charge on any atom is -0.396 e. The summed E-state index contributed by atoms with van der Waals surface area (Å²) >= 11 is 0. The topological polar surface area (TPSA) is 95.7 Å². The van der Waals surface area contributed by atoms with E-state index in [-0.39, 0.29) is 24.3 Å². The van der Waals surface area contributed by atoms with Crippen molar-refractivity contribution in [2.24, 2.45) is 5.41 Å². The van der Waals surface area contributed by atoms with E-state index in [0.29, 0.717) is 30.7 Å². The molecule has 2 atom stereocenters. The number of piperidine rings is 2. The molecule has 2 aliphatic heterocycles. The van der Waals surface area contributed by atoms with E-state index in [1.165, 1.54) is 0 Å². The zero-order chi connectivity index (χ0) is 18.3. The number of hydrogen-bond donors (Lipinski definition) is 2. The van der Waals surface area contributed by atoms with Gasteiger partial charge in [-0.2, -0.15) is 4.98 Å². The average Bonchev–Trinajstić information content (AvgIpc) is 3.03. The van der Waals surface area contributed by atoms with Gasteiger partial charge in [-0.1, -0.05) is 0 Å². The van der Waals surface area contributed by atoms with Crippen molar-refractivity contribution < 1.29 is 9.90 Å². The number of amides is 1. The Kier molecular flexibility index (Phi) is 4.40. The Hall–Kier alpha value is -2.06. The minimum atomic E-state index is -0.215. The lowest BCUT2D eigenvalue weighted by molar-refractivity contribution is -0.137. The number of aryl methyl sites for hydroxylation is 2. The Balaban J connectivity index is 1.50. The van der Waals surface area contributed by atoms with Crippen LogP contribution in [-0.4, -0.2) is 67.8 Å². The van der Waals surface area contributed by atoms with Crippen LogP contribution in [0.25, 0.3) is 5.78 Å².